The number of benzene rings is 1. The van der Waals surface area contributed by atoms with Crippen molar-refractivity contribution >= 4 is 28.9 Å². The fourth-order valence-electron chi connectivity index (χ4n) is 2.86. The Balaban J connectivity index is 2.43. The highest BCUT2D eigenvalue weighted by molar-refractivity contribution is 6.14. The quantitative estimate of drug-likeness (QED) is 0.435. The van der Waals surface area contributed by atoms with Gasteiger partial charge in [-0.15, -0.1) is 0 Å². The Kier molecular flexibility index (Phi) is 7.07. The summed E-state index contributed by atoms with van der Waals surface area (Å²) < 4.78 is 24.3. The first-order valence-corrected chi connectivity index (χ1v) is 9.57. The van der Waals surface area contributed by atoms with Gasteiger partial charge in [0, 0.05) is 5.56 Å². The number of aromatic nitrogens is 2. The number of hydrogen-bond donors (Lipinski definition) is 1. The predicted molar refractivity (Wildman–Crippen MR) is 108 cm³/mol. The van der Waals surface area contributed by atoms with Crippen LogP contribution in [0.5, 0.6) is 0 Å². The molecule has 0 radical (unpaired) electrons. The molecule has 2 atom stereocenters. The van der Waals surface area contributed by atoms with Crippen molar-refractivity contribution in [2.45, 2.75) is 53.2 Å². The maximum Gasteiger partial charge on any atom is 0.407 e. The second kappa shape index (κ2) is 9.15. The Labute approximate surface area is 174 Å². The monoisotopic (exact) mass is 419 g/mol. The molecule has 2 aromatic rings. The number of ether oxygens (including phenoxy) is 2. The van der Waals surface area contributed by atoms with Crippen molar-refractivity contribution in [1.29, 1.82) is 0 Å². The molecule has 30 heavy (non-hydrogen) atoms. The molecule has 1 amide bonds. The summed E-state index contributed by atoms with van der Waals surface area (Å²) in [5, 5.41) is 2.50. The minimum absolute atomic E-state index is 0.00907. The van der Waals surface area contributed by atoms with Gasteiger partial charge in [0.2, 0.25) is 5.95 Å². The Morgan fingerprint density at radius 2 is 1.87 bits per heavy atom. The smallest absolute Gasteiger partial charge is 0.407 e. The minimum Gasteiger partial charge on any atom is -0.465 e. The molecular formula is C21H26FN3O5. The molecule has 0 aliphatic heterocycles. The highest BCUT2D eigenvalue weighted by Crippen LogP contribution is 2.22. The van der Waals surface area contributed by atoms with E-state index in [0.717, 1.165) is 0 Å². The third-order valence-corrected chi connectivity index (χ3v) is 4.14. The van der Waals surface area contributed by atoms with Crippen molar-refractivity contribution in [1.82, 2.24) is 15.3 Å². The van der Waals surface area contributed by atoms with E-state index in [1.54, 1.807) is 39.8 Å². The van der Waals surface area contributed by atoms with Gasteiger partial charge in [0.1, 0.15) is 17.0 Å². The number of carbonyl (C=O) groups is 3. The predicted octanol–water partition coefficient (Wildman–Crippen LogP) is 3.35. The van der Waals surface area contributed by atoms with Crippen LogP contribution in [0, 0.1) is 18.8 Å². The third kappa shape index (κ3) is 5.49. The van der Waals surface area contributed by atoms with E-state index >= 15 is 0 Å². The molecule has 0 fully saturated rings. The summed E-state index contributed by atoms with van der Waals surface area (Å²) >= 11 is 0. The van der Waals surface area contributed by atoms with Crippen LogP contribution >= 0.6 is 0 Å². The van der Waals surface area contributed by atoms with E-state index in [0.29, 0.717) is 5.52 Å². The zero-order valence-corrected chi connectivity index (χ0v) is 17.9. The number of halogens is 1. The van der Waals surface area contributed by atoms with Crippen molar-refractivity contribution < 1.29 is 28.2 Å². The zero-order valence-electron chi connectivity index (χ0n) is 17.9. The number of aryl methyl sites for hydroxylation is 1. The molecule has 2 unspecified atom stereocenters. The van der Waals surface area contributed by atoms with Gasteiger partial charge in [-0.1, -0.05) is 6.07 Å². The molecule has 9 heteroatoms. The minimum atomic E-state index is -1.38. The van der Waals surface area contributed by atoms with Gasteiger partial charge in [-0.3, -0.25) is 9.59 Å². The summed E-state index contributed by atoms with van der Waals surface area (Å²) in [5.41, 5.74) is -0.309. The standard InChI is InChI=1S/C21H26FN3O5/c1-7-29-19(27)15(11(2)24-20(28)30-21(4,5)6)17(26)13-9-8-10-14-16(13)25-18(22)12(3)23-14/h8-11,15H,7H2,1-6H3,(H,24,28). The van der Waals surface area contributed by atoms with Gasteiger partial charge < -0.3 is 14.8 Å². The summed E-state index contributed by atoms with van der Waals surface area (Å²) in [7, 11) is 0. The summed E-state index contributed by atoms with van der Waals surface area (Å²) in [5.74, 6) is -3.67. The van der Waals surface area contributed by atoms with E-state index in [4.69, 9.17) is 9.47 Å². The number of Topliss-reactive ketones (excluding diaryl/α,β-unsaturated/α-hetero) is 1. The van der Waals surface area contributed by atoms with Gasteiger partial charge >= 0.3 is 12.1 Å². The summed E-state index contributed by atoms with van der Waals surface area (Å²) in [6, 6.07) is 3.63. The highest BCUT2D eigenvalue weighted by Gasteiger charge is 2.37. The molecule has 1 aromatic carbocycles. The van der Waals surface area contributed by atoms with Crippen LogP contribution in [-0.2, 0) is 14.3 Å². The molecule has 0 saturated heterocycles. The SMILES string of the molecule is CCOC(=O)C(C(=O)c1cccc2nc(C)c(F)nc12)C(C)NC(=O)OC(C)(C)C. The number of ketones is 1. The molecule has 0 bridgehead atoms. The van der Waals surface area contributed by atoms with Gasteiger partial charge in [-0.05, 0) is 53.7 Å². The van der Waals surface area contributed by atoms with Crippen molar-refractivity contribution in [3.05, 3.63) is 35.4 Å². The number of alkyl carbamates (subject to hydrolysis) is 1. The topological polar surface area (TPSA) is 107 Å². The van der Waals surface area contributed by atoms with Crippen molar-refractivity contribution in [3.8, 4) is 0 Å². The van der Waals surface area contributed by atoms with E-state index < -0.39 is 41.4 Å². The Bertz CT molecular complexity index is 971. The van der Waals surface area contributed by atoms with Crippen molar-refractivity contribution in [3.63, 3.8) is 0 Å². The number of amides is 1. The average molecular weight is 419 g/mol. The number of rotatable bonds is 6. The maximum absolute atomic E-state index is 14.0. The van der Waals surface area contributed by atoms with Crippen LogP contribution in [-0.4, -0.2) is 46.1 Å². The Hall–Kier alpha value is -3.10. The first-order valence-electron chi connectivity index (χ1n) is 9.57. The molecule has 1 aromatic heterocycles. The van der Waals surface area contributed by atoms with Gasteiger partial charge in [0.15, 0.2) is 5.78 Å². The molecule has 2 rings (SSSR count). The lowest BCUT2D eigenvalue weighted by atomic mass is 9.90. The first kappa shape index (κ1) is 23.2. The van der Waals surface area contributed by atoms with Gasteiger partial charge in [-0.2, -0.15) is 4.39 Å². The number of nitrogens with one attached hydrogen (secondary N) is 1. The number of esters is 1. The van der Waals surface area contributed by atoms with E-state index in [1.165, 1.54) is 19.9 Å². The average Bonchev–Trinajstić information content (AvgIpc) is 2.60. The normalized spacial score (nSPS) is 13.4. The third-order valence-electron chi connectivity index (χ3n) is 4.14. The van der Waals surface area contributed by atoms with Gasteiger partial charge in [0.05, 0.1) is 23.9 Å². The largest absolute Gasteiger partial charge is 0.465 e. The van der Waals surface area contributed by atoms with Crippen LogP contribution in [0.2, 0.25) is 0 Å². The van der Waals surface area contributed by atoms with Crippen LogP contribution in [0.3, 0.4) is 0 Å². The molecule has 1 heterocycles. The first-order chi connectivity index (χ1) is 13.9. The fourth-order valence-corrected chi connectivity index (χ4v) is 2.86. The van der Waals surface area contributed by atoms with Crippen LogP contribution in [0.25, 0.3) is 11.0 Å². The summed E-state index contributed by atoms with van der Waals surface area (Å²) in [6.45, 7) is 9.68. The lowest BCUT2D eigenvalue weighted by Crippen LogP contribution is -2.47. The van der Waals surface area contributed by atoms with Crippen molar-refractivity contribution in [2.24, 2.45) is 5.92 Å². The molecule has 1 N–H and O–H groups in total. The van der Waals surface area contributed by atoms with Gasteiger partial charge in [0.25, 0.3) is 0 Å². The molecular weight excluding hydrogens is 393 g/mol. The van der Waals surface area contributed by atoms with Crippen LogP contribution < -0.4 is 5.32 Å². The Morgan fingerprint density at radius 3 is 2.47 bits per heavy atom. The van der Waals surface area contributed by atoms with Crippen molar-refractivity contribution in [2.75, 3.05) is 6.61 Å². The van der Waals surface area contributed by atoms with Gasteiger partial charge in [-0.25, -0.2) is 14.8 Å². The molecule has 0 aliphatic rings. The van der Waals surface area contributed by atoms with E-state index in [1.807, 2.05) is 0 Å². The zero-order chi connectivity index (χ0) is 22.6. The van der Waals surface area contributed by atoms with E-state index in [2.05, 4.69) is 15.3 Å². The second-order valence-electron chi connectivity index (χ2n) is 7.80. The molecule has 0 aliphatic carbocycles. The number of carbonyl (C=O) groups excluding carboxylic acids is 3. The van der Waals surface area contributed by atoms with E-state index in [9.17, 15) is 18.8 Å². The number of nitrogens with zero attached hydrogens (tertiary/aromatic N) is 2. The van der Waals surface area contributed by atoms with Crippen LogP contribution in [0.4, 0.5) is 9.18 Å². The molecule has 0 spiro atoms. The van der Waals surface area contributed by atoms with Crippen LogP contribution in [0.15, 0.2) is 18.2 Å². The van der Waals surface area contributed by atoms with E-state index in [-0.39, 0.29) is 23.4 Å². The summed E-state index contributed by atoms with van der Waals surface area (Å²) in [6.07, 6.45) is -0.781. The number of hydrogen-bond acceptors (Lipinski definition) is 7. The maximum atomic E-state index is 14.0. The van der Waals surface area contributed by atoms with Crippen LogP contribution in [0.1, 0.15) is 50.7 Å². The highest BCUT2D eigenvalue weighted by atomic mass is 19.1. The number of para-hydroxylation sites is 1. The second-order valence-corrected chi connectivity index (χ2v) is 7.80. The lowest BCUT2D eigenvalue weighted by molar-refractivity contribution is -0.146. The Morgan fingerprint density at radius 1 is 1.20 bits per heavy atom. The fraction of sp³-hybridized carbons (Fsp3) is 0.476. The molecule has 162 valence electrons. The lowest BCUT2D eigenvalue weighted by Gasteiger charge is -2.25. The summed E-state index contributed by atoms with van der Waals surface area (Å²) in [4.78, 5) is 45.9. The number of fused-ring (bicyclic) bond motifs is 1. The molecule has 8 nitrogen and oxygen atoms in total. The molecule has 0 saturated carbocycles.